The summed E-state index contributed by atoms with van der Waals surface area (Å²) in [7, 11) is 0. The minimum absolute atomic E-state index is 0.354. The van der Waals surface area contributed by atoms with Gasteiger partial charge >= 0.3 is 12.0 Å². The van der Waals surface area contributed by atoms with Crippen LogP contribution in [0.15, 0.2) is 0 Å². The third kappa shape index (κ3) is 3.70. The summed E-state index contributed by atoms with van der Waals surface area (Å²) >= 11 is 0. The molecule has 4 N–H and O–H groups in total. The number of hydrogen-bond acceptors (Lipinski definition) is 4. The van der Waals surface area contributed by atoms with E-state index in [1.54, 1.807) is 6.92 Å². The summed E-state index contributed by atoms with van der Waals surface area (Å²) in [6, 6.07) is -1.72. The molecule has 0 aliphatic rings. The monoisotopic (exact) mass is 245 g/mol. The van der Waals surface area contributed by atoms with Gasteiger partial charge < -0.3 is 10.8 Å². The van der Waals surface area contributed by atoms with Gasteiger partial charge in [0.1, 0.15) is 5.54 Å². The van der Waals surface area contributed by atoms with Crippen LogP contribution in [0.3, 0.4) is 0 Å². The lowest BCUT2D eigenvalue weighted by molar-refractivity contribution is -0.152. The van der Waals surface area contributed by atoms with E-state index in [0.717, 1.165) is 0 Å². The molecule has 7 heteroatoms. The number of nitrogens with two attached hydrogens (primary N) is 1. The van der Waals surface area contributed by atoms with Crippen LogP contribution < -0.4 is 11.1 Å². The molecule has 1 unspecified atom stereocenters. The van der Waals surface area contributed by atoms with E-state index in [0.29, 0.717) is 6.54 Å². The Labute approximate surface area is 100.0 Å². The van der Waals surface area contributed by atoms with E-state index in [1.807, 2.05) is 5.32 Å². The largest absolute Gasteiger partial charge is 0.480 e. The standard InChI is InChI=1S/C10H19N3O4/c1-5-13(10(3,4)8(15)16)6(2)7(14)12-9(11)17/h6H,5H2,1-4H3,(H,15,16)(H3,11,12,14,17). The molecular weight excluding hydrogens is 226 g/mol. The molecule has 0 rings (SSSR count). The highest BCUT2D eigenvalue weighted by atomic mass is 16.4. The first-order chi connectivity index (χ1) is 7.64. The molecule has 0 radical (unpaired) electrons. The topological polar surface area (TPSA) is 113 Å². The van der Waals surface area contributed by atoms with Gasteiger partial charge in [0.05, 0.1) is 6.04 Å². The van der Waals surface area contributed by atoms with Crippen molar-refractivity contribution in [2.45, 2.75) is 39.3 Å². The summed E-state index contributed by atoms with van der Waals surface area (Å²) in [5.41, 5.74) is 3.63. The highest BCUT2D eigenvalue weighted by molar-refractivity contribution is 5.96. The van der Waals surface area contributed by atoms with Crippen LogP contribution in [0.25, 0.3) is 0 Å². The fourth-order valence-electron chi connectivity index (χ4n) is 1.64. The Balaban J connectivity index is 4.95. The van der Waals surface area contributed by atoms with Crippen LogP contribution in [-0.2, 0) is 9.59 Å². The van der Waals surface area contributed by atoms with Gasteiger partial charge in [-0.3, -0.25) is 19.8 Å². The number of carboxylic acids is 1. The van der Waals surface area contributed by atoms with Crippen LogP contribution in [0.5, 0.6) is 0 Å². The molecule has 0 saturated carbocycles. The second-order valence-corrected chi connectivity index (χ2v) is 4.18. The number of likely N-dealkylation sites (N-methyl/N-ethyl adjacent to an activating group) is 1. The number of urea groups is 1. The first-order valence-corrected chi connectivity index (χ1v) is 5.25. The number of primary amides is 1. The van der Waals surface area contributed by atoms with Crippen molar-refractivity contribution in [1.82, 2.24) is 10.2 Å². The molecule has 1 atom stereocenters. The van der Waals surface area contributed by atoms with Crippen molar-refractivity contribution in [1.29, 1.82) is 0 Å². The molecule has 17 heavy (non-hydrogen) atoms. The lowest BCUT2D eigenvalue weighted by Crippen LogP contribution is -2.58. The Morgan fingerprint density at radius 1 is 1.41 bits per heavy atom. The SMILES string of the molecule is CCN(C(C)C(=O)NC(N)=O)C(C)(C)C(=O)O. The van der Waals surface area contributed by atoms with Crippen molar-refractivity contribution in [2.24, 2.45) is 5.73 Å². The Kier molecular flexibility index (Phi) is 5.09. The van der Waals surface area contributed by atoms with Gasteiger partial charge in [0, 0.05) is 0 Å². The molecule has 0 aromatic rings. The van der Waals surface area contributed by atoms with Gasteiger partial charge in [-0.1, -0.05) is 6.92 Å². The molecular formula is C10H19N3O4. The minimum atomic E-state index is -1.21. The highest BCUT2D eigenvalue weighted by Gasteiger charge is 2.38. The summed E-state index contributed by atoms with van der Waals surface area (Å²) in [6.45, 7) is 6.59. The molecule has 7 nitrogen and oxygen atoms in total. The number of carboxylic acid groups (broad SMARTS) is 1. The summed E-state index contributed by atoms with van der Waals surface area (Å²) in [6.07, 6.45) is 0. The maximum atomic E-state index is 11.6. The number of amides is 3. The number of aliphatic carboxylic acids is 1. The Hall–Kier alpha value is -1.63. The average Bonchev–Trinajstić information content (AvgIpc) is 2.16. The third-order valence-electron chi connectivity index (χ3n) is 2.68. The van der Waals surface area contributed by atoms with Crippen molar-refractivity contribution in [2.75, 3.05) is 6.54 Å². The number of nitrogens with zero attached hydrogens (tertiary/aromatic N) is 1. The van der Waals surface area contributed by atoms with Crippen LogP contribution in [-0.4, -0.2) is 46.0 Å². The summed E-state index contributed by atoms with van der Waals surface area (Å²) in [5.74, 6) is -1.66. The molecule has 98 valence electrons. The van der Waals surface area contributed by atoms with Gasteiger partial charge in [-0.15, -0.1) is 0 Å². The maximum Gasteiger partial charge on any atom is 0.323 e. The predicted octanol–water partition coefficient (Wildman–Crippen LogP) is -0.245. The Morgan fingerprint density at radius 3 is 2.18 bits per heavy atom. The van der Waals surface area contributed by atoms with Crippen LogP contribution in [0.4, 0.5) is 4.79 Å². The van der Waals surface area contributed by atoms with Crippen LogP contribution in [0.1, 0.15) is 27.7 Å². The maximum absolute atomic E-state index is 11.6. The lowest BCUT2D eigenvalue weighted by Gasteiger charge is -2.37. The van der Waals surface area contributed by atoms with Crippen molar-refractivity contribution in [3.8, 4) is 0 Å². The van der Waals surface area contributed by atoms with E-state index in [2.05, 4.69) is 0 Å². The second kappa shape index (κ2) is 5.62. The molecule has 0 aromatic carbocycles. The molecule has 0 aliphatic carbocycles. The number of rotatable bonds is 5. The number of carbonyl (C=O) groups excluding carboxylic acids is 2. The summed E-state index contributed by atoms with van der Waals surface area (Å²) in [4.78, 5) is 34.7. The number of nitrogens with one attached hydrogen (secondary N) is 1. The Bertz CT molecular complexity index is 328. The van der Waals surface area contributed by atoms with Gasteiger partial charge in [0.2, 0.25) is 5.91 Å². The first kappa shape index (κ1) is 15.4. The number of hydrogen-bond donors (Lipinski definition) is 3. The van der Waals surface area contributed by atoms with E-state index >= 15 is 0 Å². The zero-order chi connectivity index (χ0) is 13.8. The highest BCUT2D eigenvalue weighted by Crippen LogP contribution is 2.17. The van der Waals surface area contributed by atoms with Gasteiger partial charge in [-0.2, -0.15) is 0 Å². The van der Waals surface area contributed by atoms with E-state index < -0.39 is 29.5 Å². The van der Waals surface area contributed by atoms with Crippen molar-refractivity contribution >= 4 is 17.9 Å². The van der Waals surface area contributed by atoms with Crippen molar-refractivity contribution in [3.63, 3.8) is 0 Å². The minimum Gasteiger partial charge on any atom is -0.480 e. The van der Waals surface area contributed by atoms with E-state index in [9.17, 15) is 14.4 Å². The third-order valence-corrected chi connectivity index (χ3v) is 2.68. The van der Waals surface area contributed by atoms with Gasteiger partial charge in [0.15, 0.2) is 0 Å². The fourth-order valence-corrected chi connectivity index (χ4v) is 1.64. The molecule has 0 bridgehead atoms. The zero-order valence-electron chi connectivity index (χ0n) is 10.5. The zero-order valence-corrected chi connectivity index (χ0v) is 10.5. The van der Waals surface area contributed by atoms with Crippen LogP contribution in [0, 0.1) is 0 Å². The molecule has 3 amide bonds. The fraction of sp³-hybridized carbons (Fsp3) is 0.700. The van der Waals surface area contributed by atoms with Gasteiger partial charge in [-0.05, 0) is 27.3 Å². The smallest absolute Gasteiger partial charge is 0.323 e. The van der Waals surface area contributed by atoms with Gasteiger partial charge in [-0.25, -0.2) is 4.79 Å². The number of imide groups is 1. The molecule has 0 heterocycles. The molecule has 0 aromatic heterocycles. The molecule has 0 fully saturated rings. The molecule has 0 saturated heterocycles. The quantitative estimate of drug-likeness (QED) is 0.618. The van der Waals surface area contributed by atoms with Crippen molar-refractivity contribution in [3.05, 3.63) is 0 Å². The summed E-state index contributed by atoms with van der Waals surface area (Å²) in [5, 5.41) is 11.0. The van der Waals surface area contributed by atoms with Crippen molar-refractivity contribution < 1.29 is 19.5 Å². The first-order valence-electron chi connectivity index (χ1n) is 5.25. The van der Waals surface area contributed by atoms with E-state index in [-0.39, 0.29) is 0 Å². The summed E-state index contributed by atoms with van der Waals surface area (Å²) < 4.78 is 0. The average molecular weight is 245 g/mol. The van der Waals surface area contributed by atoms with E-state index in [4.69, 9.17) is 10.8 Å². The Morgan fingerprint density at radius 2 is 1.88 bits per heavy atom. The molecule has 0 spiro atoms. The van der Waals surface area contributed by atoms with Crippen LogP contribution >= 0.6 is 0 Å². The number of carbonyl (C=O) groups is 3. The predicted molar refractivity (Wildman–Crippen MR) is 61.3 cm³/mol. The molecule has 0 aliphatic heterocycles. The van der Waals surface area contributed by atoms with E-state index in [1.165, 1.54) is 25.7 Å². The van der Waals surface area contributed by atoms with Crippen LogP contribution in [0.2, 0.25) is 0 Å². The van der Waals surface area contributed by atoms with Gasteiger partial charge in [0.25, 0.3) is 0 Å². The lowest BCUT2D eigenvalue weighted by atomic mass is 10.0. The normalized spacial score (nSPS) is 13.2. The second-order valence-electron chi connectivity index (χ2n) is 4.18.